The third-order valence-corrected chi connectivity index (χ3v) is 7.03. The van der Waals surface area contributed by atoms with Crippen LogP contribution in [-0.4, -0.2) is 50.9 Å². The van der Waals surface area contributed by atoms with Gasteiger partial charge in [0.2, 0.25) is 10.0 Å². The Morgan fingerprint density at radius 1 is 1.12 bits per heavy atom. The molecule has 0 saturated carbocycles. The fourth-order valence-corrected chi connectivity index (χ4v) is 5.38. The molecule has 1 fully saturated rings. The summed E-state index contributed by atoms with van der Waals surface area (Å²) in [7, 11) is -3.34. The van der Waals surface area contributed by atoms with E-state index in [1.165, 1.54) is 5.69 Å². The topological polar surface area (TPSA) is 84.4 Å². The number of nitrogens with zero attached hydrogens (tertiary/aromatic N) is 3. The predicted molar refractivity (Wildman–Crippen MR) is 134 cm³/mol. The van der Waals surface area contributed by atoms with Crippen molar-refractivity contribution >= 4 is 43.0 Å². The molecule has 2 aromatic carbocycles. The van der Waals surface area contributed by atoms with Crippen LogP contribution in [0.4, 0.5) is 11.4 Å². The Morgan fingerprint density at radius 2 is 1.91 bits per heavy atom. The molecule has 2 aromatic heterocycles. The molecule has 33 heavy (non-hydrogen) atoms. The van der Waals surface area contributed by atoms with Crippen molar-refractivity contribution in [3.8, 4) is 11.1 Å². The second-order valence-corrected chi connectivity index (χ2v) is 10.7. The minimum absolute atomic E-state index is 0.531. The average Bonchev–Trinajstić information content (AvgIpc) is 3.23. The van der Waals surface area contributed by atoms with E-state index >= 15 is 0 Å². The van der Waals surface area contributed by atoms with Gasteiger partial charge in [0.15, 0.2) is 0 Å². The summed E-state index contributed by atoms with van der Waals surface area (Å²) < 4.78 is 32.2. The van der Waals surface area contributed by atoms with Crippen LogP contribution in [0.5, 0.6) is 0 Å². The highest BCUT2D eigenvalue weighted by Crippen LogP contribution is 2.33. The van der Waals surface area contributed by atoms with Crippen LogP contribution < -0.4 is 9.62 Å². The van der Waals surface area contributed by atoms with Crippen LogP contribution >= 0.6 is 11.3 Å². The summed E-state index contributed by atoms with van der Waals surface area (Å²) in [6.07, 6.45) is 3.66. The molecule has 9 heteroatoms. The Kier molecular flexibility index (Phi) is 6.01. The molecule has 0 unspecified atom stereocenters. The number of rotatable bonds is 6. The number of anilines is 2. The number of morpholine rings is 1. The van der Waals surface area contributed by atoms with Crippen molar-refractivity contribution in [3.05, 3.63) is 71.5 Å². The maximum Gasteiger partial charge on any atom is 0.229 e. The van der Waals surface area contributed by atoms with Gasteiger partial charge in [0, 0.05) is 48.0 Å². The molecule has 1 aliphatic rings. The first-order valence-corrected chi connectivity index (χ1v) is 13.4. The SMILES string of the molecule is CS(=O)(=O)Nc1cccc(-c2csc3cnc(Cc4ccc(N5CCOCC5)cc4)nc23)c1. The van der Waals surface area contributed by atoms with Crippen molar-refractivity contribution in [3.63, 3.8) is 0 Å². The third kappa shape index (κ3) is 5.16. The van der Waals surface area contributed by atoms with Crippen LogP contribution in [0.2, 0.25) is 0 Å². The van der Waals surface area contributed by atoms with Crippen molar-refractivity contribution in [2.75, 3.05) is 42.2 Å². The molecule has 3 heterocycles. The van der Waals surface area contributed by atoms with Crippen molar-refractivity contribution < 1.29 is 13.2 Å². The summed E-state index contributed by atoms with van der Waals surface area (Å²) in [4.78, 5) is 11.8. The maximum atomic E-state index is 11.6. The predicted octanol–water partition coefficient (Wildman–Crippen LogP) is 4.16. The van der Waals surface area contributed by atoms with E-state index in [2.05, 4.69) is 38.9 Å². The monoisotopic (exact) mass is 480 g/mol. The van der Waals surface area contributed by atoms with Crippen molar-refractivity contribution in [2.45, 2.75) is 6.42 Å². The Bertz CT molecular complexity index is 1380. The first-order valence-electron chi connectivity index (χ1n) is 10.7. The standard InChI is InChI=1S/C24H24N4O3S2/c1-33(29,30)27-19-4-2-3-18(14-19)21-16-32-22-15-25-23(26-24(21)22)13-17-5-7-20(8-6-17)28-9-11-31-12-10-28/h2-8,14-16,27H,9-13H2,1H3. The van der Waals surface area contributed by atoms with Gasteiger partial charge in [-0.05, 0) is 35.4 Å². The van der Waals surface area contributed by atoms with Gasteiger partial charge in [-0.15, -0.1) is 11.3 Å². The lowest BCUT2D eigenvalue weighted by Gasteiger charge is -2.28. The van der Waals surface area contributed by atoms with Gasteiger partial charge in [0.05, 0.1) is 29.7 Å². The minimum atomic E-state index is -3.34. The number of aromatic nitrogens is 2. The largest absolute Gasteiger partial charge is 0.378 e. The number of thiophene rings is 1. The van der Waals surface area contributed by atoms with Gasteiger partial charge in [-0.3, -0.25) is 4.72 Å². The first-order chi connectivity index (χ1) is 15.9. The second kappa shape index (κ2) is 9.09. The second-order valence-electron chi connectivity index (χ2n) is 8.05. The Morgan fingerprint density at radius 3 is 2.67 bits per heavy atom. The normalized spacial score (nSPS) is 14.5. The molecule has 170 valence electrons. The maximum absolute atomic E-state index is 11.6. The van der Waals surface area contributed by atoms with Gasteiger partial charge in [-0.1, -0.05) is 24.3 Å². The Balaban J connectivity index is 1.39. The number of fused-ring (bicyclic) bond motifs is 1. The number of nitrogens with one attached hydrogen (secondary N) is 1. The molecule has 0 spiro atoms. The summed E-state index contributed by atoms with van der Waals surface area (Å²) in [6.45, 7) is 3.37. The van der Waals surface area contributed by atoms with Crippen molar-refractivity contribution in [2.24, 2.45) is 0 Å². The van der Waals surface area contributed by atoms with Crippen LogP contribution in [0, 0.1) is 0 Å². The fraction of sp³-hybridized carbons (Fsp3) is 0.250. The number of sulfonamides is 1. The van der Waals surface area contributed by atoms with Crippen LogP contribution in [-0.2, 0) is 21.2 Å². The molecule has 0 bridgehead atoms. The van der Waals surface area contributed by atoms with Crippen molar-refractivity contribution in [1.82, 2.24) is 9.97 Å². The number of hydrogen-bond donors (Lipinski definition) is 1. The number of benzene rings is 2. The Hall–Kier alpha value is -3.01. The van der Waals surface area contributed by atoms with E-state index < -0.39 is 10.0 Å². The lowest BCUT2D eigenvalue weighted by molar-refractivity contribution is 0.122. The van der Waals surface area contributed by atoms with Crippen molar-refractivity contribution in [1.29, 1.82) is 0 Å². The zero-order valence-electron chi connectivity index (χ0n) is 18.2. The van der Waals surface area contributed by atoms with Gasteiger partial charge < -0.3 is 9.64 Å². The first kappa shape index (κ1) is 21.8. The Labute approximate surface area is 197 Å². The van der Waals surface area contributed by atoms with Gasteiger partial charge in [0.1, 0.15) is 5.82 Å². The summed E-state index contributed by atoms with van der Waals surface area (Å²) >= 11 is 1.58. The molecule has 5 rings (SSSR count). The van der Waals surface area contributed by atoms with E-state index in [1.54, 1.807) is 17.4 Å². The highest BCUT2D eigenvalue weighted by molar-refractivity contribution is 7.92. The third-order valence-electron chi connectivity index (χ3n) is 5.52. The summed E-state index contributed by atoms with van der Waals surface area (Å²) in [5.41, 5.74) is 5.66. The van der Waals surface area contributed by atoms with E-state index in [4.69, 9.17) is 9.72 Å². The highest BCUT2D eigenvalue weighted by Gasteiger charge is 2.13. The van der Waals surface area contributed by atoms with Crippen LogP contribution in [0.3, 0.4) is 0 Å². The molecule has 4 aromatic rings. The minimum Gasteiger partial charge on any atom is -0.378 e. The van der Waals surface area contributed by atoms with Crippen LogP contribution in [0.1, 0.15) is 11.4 Å². The average molecular weight is 481 g/mol. The molecule has 0 radical (unpaired) electrons. The summed E-state index contributed by atoms with van der Waals surface area (Å²) in [5.74, 6) is 0.756. The summed E-state index contributed by atoms with van der Waals surface area (Å²) in [5, 5.41) is 2.04. The lowest BCUT2D eigenvalue weighted by Crippen LogP contribution is -2.36. The van der Waals surface area contributed by atoms with Gasteiger partial charge in [0.25, 0.3) is 0 Å². The van der Waals surface area contributed by atoms with Gasteiger partial charge in [-0.25, -0.2) is 18.4 Å². The number of hydrogen-bond acceptors (Lipinski definition) is 7. The molecular weight excluding hydrogens is 456 g/mol. The van der Waals surface area contributed by atoms with Crippen LogP contribution in [0.15, 0.2) is 60.1 Å². The quantitative estimate of drug-likeness (QED) is 0.446. The van der Waals surface area contributed by atoms with E-state index in [-0.39, 0.29) is 0 Å². The van der Waals surface area contributed by atoms with E-state index in [9.17, 15) is 8.42 Å². The molecule has 7 nitrogen and oxygen atoms in total. The molecule has 1 saturated heterocycles. The zero-order valence-corrected chi connectivity index (χ0v) is 19.8. The zero-order chi connectivity index (χ0) is 22.8. The molecule has 0 aliphatic carbocycles. The smallest absolute Gasteiger partial charge is 0.229 e. The fourth-order valence-electron chi connectivity index (χ4n) is 3.95. The van der Waals surface area contributed by atoms with E-state index in [0.717, 1.165) is 65.3 Å². The molecule has 0 amide bonds. The molecule has 1 aliphatic heterocycles. The lowest BCUT2D eigenvalue weighted by atomic mass is 10.1. The van der Waals surface area contributed by atoms with E-state index in [1.807, 2.05) is 29.8 Å². The van der Waals surface area contributed by atoms with E-state index in [0.29, 0.717) is 12.1 Å². The highest BCUT2D eigenvalue weighted by atomic mass is 32.2. The number of ether oxygens (including phenoxy) is 1. The van der Waals surface area contributed by atoms with Gasteiger partial charge >= 0.3 is 0 Å². The van der Waals surface area contributed by atoms with Gasteiger partial charge in [-0.2, -0.15) is 0 Å². The summed E-state index contributed by atoms with van der Waals surface area (Å²) in [6, 6.07) is 15.9. The molecule has 0 atom stereocenters. The van der Waals surface area contributed by atoms with Crippen LogP contribution in [0.25, 0.3) is 21.3 Å². The molecular formula is C24H24N4O3S2. The molecule has 1 N–H and O–H groups in total.